The predicted octanol–water partition coefficient (Wildman–Crippen LogP) is 2.59. The van der Waals surface area contributed by atoms with E-state index in [1.54, 1.807) is 0 Å². The normalized spacial score (nSPS) is 17.5. The van der Waals surface area contributed by atoms with Crippen LogP contribution >= 0.6 is 0 Å². The summed E-state index contributed by atoms with van der Waals surface area (Å²) in [4.78, 5) is 0. The Morgan fingerprint density at radius 3 is 2.88 bits per heavy atom. The van der Waals surface area contributed by atoms with Crippen LogP contribution in [0.5, 0.6) is 0 Å². The highest BCUT2D eigenvalue weighted by Crippen LogP contribution is 2.18. The van der Waals surface area contributed by atoms with Crippen molar-refractivity contribution in [1.29, 1.82) is 0 Å². The molecule has 86 valence electrons. The maximum Gasteiger partial charge on any atom is 0.121 e. The zero-order chi connectivity index (χ0) is 11.4. The van der Waals surface area contributed by atoms with Gasteiger partial charge in [0.1, 0.15) is 11.9 Å². The van der Waals surface area contributed by atoms with Crippen LogP contribution in [0.4, 0.5) is 0 Å². The van der Waals surface area contributed by atoms with Gasteiger partial charge in [0.05, 0.1) is 6.61 Å². The highest BCUT2D eigenvalue weighted by atomic mass is 16.5. The molecule has 1 N–H and O–H groups in total. The lowest BCUT2D eigenvalue weighted by Crippen LogP contribution is -2.19. The summed E-state index contributed by atoms with van der Waals surface area (Å²) in [5.41, 5.74) is 2.41. The summed E-state index contributed by atoms with van der Waals surface area (Å²) in [6.45, 7) is 2.80. The van der Waals surface area contributed by atoms with E-state index >= 15 is 0 Å². The smallest absolute Gasteiger partial charge is 0.121 e. The molecule has 2 nitrogen and oxygen atoms in total. The molecule has 0 aromatic heterocycles. The lowest BCUT2D eigenvalue weighted by molar-refractivity contribution is 0.0917. The first-order valence-corrected chi connectivity index (χ1v) is 5.83. The van der Waals surface area contributed by atoms with Gasteiger partial charge in [-0.2, -0.15) is 0 Å². The van der Waals surface area contributed by atoms with Gasteiger partial charge >= 0.3 is 0 Å². The van der Waals surface area contributed by atoms with Gasteiger partial charge in [-0.15, -0.1) is 0 Å². The van der Waals surface area contributed by atoms with Crippen LogP contribution in [-0.2, 0) is 11.2 Å². The Labute approximate surface area is 96.6 Å². The van der Waals surface area contributed by atoms with Crippen molar-refractivity contribution in [3.05, 3.63) is 47.2 Å². The molecule has 2 rings (SSSR count). The Bertz CT molecular complexity index is 382. The van der Waals surface area contributed by atoms with E-state index in [1.165, 1.54) is 11.1 Å². The highest BCUT2D eigenvalue weighted by Gasteiger charge is 2.15. The third-order valence-corrected chi connectivity index (χ3v) is 2.97. The van der Waals surface area contributed by atoms with Gasteiger partial charge in [-0.1, -0.05) is 24.3 Å². The van der Waals surface area contributed by atoms with Crippen LogP contribution in [0, 0.1) is 6.92 Å². The third kappa shape index (κ3) is 2.64. The van der Waals surface area contributed by atoms with Crippen LogP contribution in [-0.4, -0.2) is 17.8 Å². The fourth-order valence-electron chi connectivity index (χ4n) is 1.96. The van der Waals surface area contributed by atoms with Crippen molar-refractivity contribution in [2.75, 3.05) is 6.61 Å². The number of aliphatic hydroxyl groups excluding tert-OH is 1. The van der Waals surface area contributed by atoms with E-state index in [4.69, 9.17) is 4.74 Å². The first-order chi connectivity index (χ1) is 7.77. The van der Waals surface area contributed by atoms with Crippen LogP contribution in [0.2, 0.25) is 0 Å². The maximum atomic E-state index is 10.1. The van der Waals surface area contributed by atoms with Crippen LogP contribution in [0.1, 0.15) is 24.0 Å². The highest BCUT2D eigenvalue weighted by molar-refractivity contribution is 5.27. The molecule has 0 bridgehead atoms. The fourth-order valence-corrected chi connectivity index (χ4v) is 1.96. The summed E-state index contributed by atoms with van der Waals surface area (Å²) >= 11 is 0. The van der Waals surface area contributed by atoms with Crippen molar-refractivity contribution >= 4 is 0 Å². The molecule has 1 aromatic rings. The molecule has 1 heterocycles. The van der Waals surface area contributed by atoms with Crippen molar-refractivity contribution in [2.45, 2.75) is 32.3 Å². The molecule has 0 fully saturated rings. The van der Waals surface area contributed by atoms with Gasteiger partial charge in [0.25, 0.3) is 0 Å². The number of aliphatic hydroxyl groups is 1. The maximum absolute atomic E-state index is 10.1. The van der Waals surface area contributed by atoms with Crippen molar-refractivity contribution in [2.24, 2.45) is 0 Å². The molecule has 16 heavy (non-hydrogen) atoms. The quantitative estimate of drug-likeness (QED) is 0.845. The summed E-state index contributed by atoms with van der Waals surface area (Å²) in [7, 11) is 0. The second kappa shape index (κ2) is 5.17. The van der Waals surface area contributed by atoms with Gasteiger partial charge in [0.2, 0.25) is 0 Å². The molecule has 0 saturated carbocycles. The summed E-state index contributed by atoms with van der Waals surface area (Å²) in [5, 5.41) is 10.1. The molecule has 1 aliphatic heterocycles. The van der Waals surface area contributed by atoms with E-state index in [-0.39, 0.29) is 0 Å². The zero-order valence-corrected chi connectivity index (χ0v) is 9.65. The molecule has 1 aliphatic rings. The number of ether oxygens (including phenoxy) is 1. The molecule has 1 unspecified atom stereocenters. The zero-order valence-electron chi connectivity index (χ0n) is 9.65. The Morgan fingerprint density at radius 2 is 2.19 bits per heavy atom. The van der Waals surface area contributed by atoms with Crippen molar-refractivity contribution < 1.29 is 9.84 Å². The standard InChI is InChI=1S/C14H18O2/c1-11-6-2-3-7-12(11)10-13(15)14-8-4-5-9-16-14/h2-3,6-8,13,15H,4-5,9-10H2,1H3. The van der Waals surface area contributed by atoms with Gasteiger partial charge < -0.3 is 9.84 Å². The SMILES string of the molecule is Cc1ccccc1CC(O)C1=CCCCO1. The number of hydrogen-bond donors (Lipinski definition) is 1. The van der Waals surface area contributed by atoms with Crippen LogP contribution in [0.25, 0.3) is 0 Å². The minimum Gasteiger partial charge on any atom is -0.495 e. The molecule has 0 aliphatic carbocycles. The van der Waals surface area contributed by atoms with Crippen molar-refractivity contribution in [1.82, 2.24) is 0 Å². The van der Waals surface area contributed by atoms with Gasteiger partial charge in [-0.3, -0.25) is 0 Å². The summed E-state index contributed by atoms with van der Waals surface area (Å²) in [5.74, 6) is 0.745. The fraction of sp³-hybridized carbons (Fsp3) is 0.429. The third-order valence-electron chi connectivity index (χ3n) is 2.97. The van der Waals surface area contributed by atoms with Gasteiger partial charge in [-0.05, 0) is 37.0 Å². The minimum absolute atomic E-state index is 0.499. The van der Waals surface area contributed by atoms with E-state index in [0.29, 0.717) is 6.42 Å². The minimum atomic E-state index is -0.499. The van der Waals surface area contributed by atoms with E-state index in [0.717, 1.165) is 25.2 Å². The summed E-state index contributed by atoms with van der Waals surface area (Å²) < 4.78 is 5.46. The second-order valence-electron chi connectivity index (χ2n) is 4.24. The number of benzene rings is 1. The topological polar surface area (TPSA) is 29.5 Å². The molecule has 0 saturated heterocycles. The molecule has 0 amide bonds. The van der Waals surface area contributed by atoms with Gasteiger partial charge in [-0.25, -0.2) is 0 Å². The Hall–Kier alpha value is -1.28. The largest absolute Gasteiger partial charge is 0.495 e. The molecule has 1 aromatic carbocycles. The number of hydrogen-bond acceptors (Lipinski definition) is 2. The number of allylic oxidation sites excluding steroid dienone is 1. The monoisotopic (exact) mass is 218 g/mol. The van der Waals surface area contributed by atoms with Crippen LogP contribution in [0.3, 0.4) is 0 Å². The first-order valence-electron chi connectivity index (χ1n) is 5.83. The average Bonchev–Trinajstić information content (AvgIpc) is 2.33. The predicted molar refractivity (Wildman–Crippen MR) is 64.2 cm³/mol. The van der Waals surface area contributed by atoms with E-state index in [2.05, 4.69) is 19.1 Å². The van der Waals surface area contributed by atoms with Crippen LogP contribution < -0.4 is 0 Å². The van der Waals surface area contributed by atoms with Crippen molar-refractivity contribution in [3.8, 4) is 0 Å². The molecular formula is C14H18O2. The van der Waals surface area contributed by atoms with E-state index in [9.17, 15) is 5.11 Å². The second-order valence-corrected chi connectivity index (χ2v) is 4.24. The molecule has 2 heteroatoms. The summed E-state index contributed by atoms with van der Waals surface area (Å²) in [6, 6.07) is 8.15. The van der Waals surface area contributed by atoms with Gasteiger partial charge in [0.15, 0.2) is 0 Å². The molecule has 1 atom stereocenters. The van der Waals surface area contributed by atoms with E-state index in [1.807, 2.05) is 18.2 Å². The lowest BCUT2D eigenvalue weighted by Gasteiger charge is -2.20. The average molecular weight is 218 g/mol. The molecule has 0 radical (unpaired) electrons. The molecular weight excluding hydrogens is 200 g/mol. The Kier molecular flexibility index (Phi) is 3.62. The van der Waals surface area contributed by atoms with Crippen molar-refractivity contribution in [3.63, 3.8) is 0 Å². The number of aryl methyl sites for hydroxylation is 1. The first kappa shape index (κ1) is 11.2. The number of rotatable bonds is 3. The lowest BCUT2D eigenvalue weighted by atomic mass is 10.0. The van der Waals surface area contributed by atoms with Crippen LogP contribution in [0.15, 0.2) is 36.1 Å². The van der Waals surface area contributed by atoms with Gasteiger partial charge in [0, 0.05) is 6.42 Å². The Balaban J connectivity index is 2.04. The summed E-state index contributed by atoms with van der Waals surface area (Å²) in [6.07, 6.45) is 4.22. The Morgan fingerprint density at radius 1 is 1.38 bits per heavy atom. The van der Waals surface area contributed by atoms with E-state index < -0.39 is 6.10 Å². The molecule has 0 spiro atoms.